The van der Waals surface area contributed by atoms with Crippen LogP contribution in [0.3, 0.4) is 0 Å². The van der Waals surface area contributed by atoms with Crippen molar-refractivity contribution in [3.8, 4) is 0 Å². The van der Waals surface area contributed by atoms with Crippen LogP contribution in [0.15, 0.2) is 31.2 Å². The molecule has 25 heteroatoms. The van der Waals surface area contributed by atoms with Crippen molar-refractivity contribution in [3.63, 3.8) is 0 Å². The number of aromatic nitrogens is 7. The van der Waals surface area contributed by atoms with Gasteiger partial charge in [0.1, 0.15) is 47.9 Å². The SMILES string of the molecule is CC(C)C(=O)SCCOP1(=O)OC[C@H]2O[C@@H](n3cnc4c(N)ccnc43)[C@@H](F)C2OP(=O)(O)OC[C@H]2O[C@@H](n3cnc4c(N)ncnc43)C(O1)[C@H]2O. The third kappa shape index (κ3) is 7.20. The number of pyridine rings is 1. The number of nitrogens with two attached hydrogens (primary N) is 2. The Morgan fingerprint density at radius 1 is 1.00 bits per heavy atom. The van der Waals surface area contributed by atoms with E-state index >= 15 is 4.39 Å². The lowest BCUT2D eigenvalue weighted by atomic mass is 10.1. The van der Waals surface area contributed by atoms with Gasteiger partial charge < -0.3 is 30.9 Å². The van der Waals surface area contributed by atoms with Gasteiger partial charge in [-0.15, -0.1) is 0 Å². The predicted octanol–water partition coefficient (Wildman–Crippen LogP) is 1.89. The number of rotatable bonds is 7. The van der Waals surface area contributed by atoms with E-state index in [1.54, 1.807) is 13.8 Å². The molecule has 0 spiro atoms. The number of halogens is 1. The van der Waals surface area contributed by atoms with E-state index in [2.05, 4.69) is 24.9 Å². The number of hydrogen-bond donors (Lipinski definition) is 4. The molecule has 7 heterocycles. The minimum absolute atomic E-state index is 0.0319. The Labute approximate surface area is 297 Å². The molecule has 4 aromatic rings. The molecule has 3 aliphatic rings. The summed E-state index contributed by atoms with van der Waals surface area (Å²) in [5.41, 5.74) is 12.9. The van der Waals surface area contributed by atoms with Gasteiger partial charge >= 0.3 is 15.6 Å². The monoisotopic (exact) mass is 789 g/mol. The van der Waals surface area contributed by atoms with Gasteiger partial charge in [0.2, 0.25) is 0 Å². The molecule has 10 atom stereocenters. The molecule has 0 saturated carbocycles. The van der Waals surface area contributed by atoms with Crippen molar-refractivity contribution >= 4 is 66.4 Å². The van der Waals surface area contributed by atoms with Crippen molar-refractivity contribution in [1.82, 2.24) is 34.1 Å². The fourth-order valence-corrected chi connectivity index (χ4v) is 8.94. The van der Waals surface area contributed by atoms with Crippen LogP contribution in [-0.2, 0) is 46.0 Å². The van der Waals surface area contributed by atoms with E-state index in [-0.39, 0.29) is 57.2 Å². The van der Waals surface area contributed by atoms with E-state index in [1.165, 1.54) is 34.1 Å². The number of imidazole rings is 2. The first-order chi connectivity index (χ1) is 24.7. The predicted molar refractivity (Wildman–Crippen MR) is 178 cm³/mol. The fourth-order valence-electron chi connectivity index (χ4n) is 5.79. The molecule has 4 unspecified atom stereocenters. The maximum Gasteiger partial charge on any atom is 0.475 e. The van der Waals surface area contributed by atoms with E-state index in [1.807, 2.05) is 0 Å². The number of hydrogen-bond acceptors (Lipinski definition) is 19. The van der Waals surface area contributed by atoms with Gasteiger partial charge in [-0.2, -0.15) is 0 Å². The van der Waals surface area contributed by atoms with Crippen molar-refractivity contribution in [1.29, 1.82) is 0 Å². The highest BCUT2D eigenvalue weighted by molar-refractivity contribution is 8.13. The number of carbonyl (C=O) groups excluding carboxylic acids is 1. The van der Waals surface area contributed by atoms with Gasteiger partial charge in [0.15, 0.2) is 40.9 Å². The zero-order valence-corrected chi connectivity index (χ0v) is 30.0. The Morgan fingerprint density at radius 3 is 2.46 bits per heavy atom. The highest BCUT2D eigenvalue weighted by atomic mass is 32.2. The van der Waals surface area contributed by atoms with Crippen LogP contribution in [-0.4, -0.2) is 111 Å². The highest BCUT2D eigenvalue weighted by Crippen LogP contribution is 2.56. The van der Waals surface area contributed by atoms with E-state index < -0.39 is 78.0 Å². The van der Waals surface area contributed by atoms with Gasteiger partial charge in [-0.05, 0) is 6.07 Å². The molecule has 7 rings (SSSR count). The van der Waals surface area contributed by atoms with Gasteiger partial charge in [-0.1, -0.05) is 25.6 Å². The quantitative estimate of drug-likeness (QED) is 0.154. The molecule has 6 N–H and O–H groups in total. The van der Waals surface area contributed by atoms with Gasteiger partial charge in [0.05, 0.1) is 38.2 Å². The summed E-state index contributed by atoms with van der Waals surface area (Å²) in [4.78, 5) is 43.6. The van der Waals surface area contributed by atoms with Crippen LogP contribution in [0.2, 0.25) is 0 Å². The molecule has 282 valence electrons. The Balaban J connectivity index is 1.22. The van der Waals surface area contributed by atoms with Crippen molar-refractivity contribution in [2.75, 3.05) is 37.0 Å². The van der Waals surface area contributed by atoms with E-state index in [0.29, 0.717) is 0 Å². The topological polar surface area (TPSA) is 283 Å². The second-order valence-electron chi connectivity index (χ2n) is 12.2. The summed E-state index contributed by atoms with van der Waals surface area (Å²) in [7, 11) is -9.95. The number of nitrogens with zero attached hydrogens (tertiary/aromatic N) is 7. The van der Waals surface area contributed by atoms with E-state index in [4.69, 9.17) is 43.6 Å². The van der Waals surface area contributed by atoms with Crippen molar-refractivity contribution in [2.24, 2.45) is 5.92 Å². The molecule has 0 aromatic carbocycles. The van der Waals surface area contributed by atoms with Crippen LogP contribution in [0.5, 0.6) is 0 Å². The minimum Gasteiger partial charge on any atom is -0.397 e. The van der Waals surface area contributed by atoms with Gasteiger partial charge in [-0.25, -0.2) is 38.4 Å². The molecule has 0 aliphatic carbocycles. The highest BCUT2D eigenvalue weighted by Gasteiger charge is 2.55. The Morgan fingerprint density at radius 2 is 1.69 bits per heavy atom. The molecule has 2 bridgehead atoms. The fraction of sp³-hybridized carbons (Fsp3) is 0.556. The van der Waals surface area contributed by atoms with Crippen LogP contribution in [0, 0.1) is 5.92 Å². The zero-order chi connectivity index (χ0) is 36.9. The van der Waals surface area contributed by atoms with Crippen LogP contribution in [0.25, 0.3) is 22.3 Å². The van der Waals surface area contributed by atoms with Crippen LogP contribution in [0.1, 0.15) is 26.3 Å². The summed E-state index contributed by atoms with van der Waals surface area (Å²) in [6.07, 6.45) is -8.17. The Hall–Kier alpha value is -3.18. The lowest BCUT2D eigenvalue weighted by molar-refractivity contribution is -0.113. The second-order valence-corrected chi connectivity index (χ2v) is 16.3. The van der Waals surface area contributed by atoms with Gasteiger partial charge in [0, 0.05) is 17.9 Å². The summed E-state index contributed by atoms with van der Waals surface area (Å²) < 4.78 is 86.2. The summed E-state index contributed by atoms with van der Waals surface area (Å²) in [5.74, 6) is -0.214. The zero-order valence-electron chi connectivity index (χ0n) is 27.4. The van der Waals surface area contributed by atoms with Crippen LogP contribution < -0.4 is 11.5 Å². The smallest absolute Gasteiger partial charge is 0.397 e. The van der Waals surface area contributed by atoms with Crippen molar-refractivity contribution in [3.05, 3.63) is 31.2 Å². The number of ether oxygens (including phenoxy) is 2. The minimum atomic E-state index is -5.13. The molecule has 52 heavy (non-hydrogen) atoms. The number of nitrogen functional groups attached to an aromatic ring is 2. The van der Waals surface area contributed by atoms with Crippen LogP contribution in [0.4, 0.5) is 15.9 Å². The molecular formula is C27H34FN9O12P2S. The lowest BCUT2D eigenvalue weighted by Gasteiger charge is -2.27. The maximum atomic E-state index is 16.3. The van der Waals surface area contributed by atoms with E-state index in [0.717, 1.165) is 18.1 Å². The number of thioether (sulfide) groups is 1. The molecule has 3 saturated heterocycles. The Bertz CT molecular complexity index is 2060. The summed E-state index contributed by atoms with van der Waals surface area (Å²) >= 11 is 0.928. The number of carbonyl (C=O) groups is 1. The van der Waals surface area contributed by atoms with Gasteiger partial charge in [0.25, 0.3) is 0 Å². The van der Waals surface area contributed by atoms with Crippen LogP contribution >= 0.6 is 27.4 Å². The standard InChI is InChI=1S/C27H34FN9O12P2S/c1-12(2)27(39)52-6-5-43-51(42)45-8-15-20(16(28)25(47-15)36-10-34-17-13(29)3-4-31-23(17)36)48-50(40,41)44-7-14-19(38)21(49-51)26(46-14)37-11-35-18-22(30)32-9-33-24(18)37/h3-4,9-12,14-16,19-21,25-26,38H,5-8H2,1-2H3,(H2,29,31)(H,40,41)(H2,30,32,33)/t14-,15-,16+,19+,20?,21?,25-,26-,51?/m1/s1. The normalized spacial score (nSPS) is 34.3. The number of phosphoric ester groups is 2. The molecule has 0 radical (unpaired) electrons. The third-order valence-corrected chi connectivity index (χ3v) is 11.9. The Kier molecular flexibility index (Phi) is 10.4. The summed E-state index contributed by atoms with van der Waals surface area (Å²) in [6.45, 7) is 1.51. The number of fused-ring (bicyclic) bond motifs is 5. The average molecular weight is 790 g/mol. The lowest BCUT2D eigenvalue weighted by Crippen LogP contribution is -2.35. The third-order valence-electron chi connectivity index (χ3n) is 8.36. The molecular weight excluding hydrogens is 755 g/mol. The van der Waals surface area contributed by atoms with Crippen molar-refractivity contribution in [2.45, 2.75) is 63.0 Å². The van der Waals surface area contributed by atoms with Gasteiger partial charge in [-0.3, -0.25) is 36.5 Å². The average Bonchev–Trinajstić information content (AvgIpc) is 3.87. The second kappa shape index (κ2) is 14.6. The molecule has 0 amide bonds. The first kappa shape index (κ1) is 37.1. The number of aliphatic hydroxyl groups excluding tert-OH is 1. The van der Waals surface area contributed by atoms with E-state index in [9.17, 15) is 23.9 Å². The summed E-state index contributed by atoms with van der Waals surface area (Å²) in [6, 6.07) is 1.50. The largest absolute Gasteiger partial charge is 0.475 e. The molecule has 21 nitrogen and oxygen atoms in total. The number of phosphoric acid groups is 2. The molecule has 3 aliphatic heterocycles. The maximum absolute atomic E-state index is 16.3. The summed E-state index contributed by atoms with van der Waals surface area (Å²) in [5, 5.41) is 11.2. The number of alkyl halides is 1. The molecule has 4 aromatic heterocycles. The van der Waals surface area contributed by atoms with Crippen molar-refractivity contribution < 1.29 is 60.4 Å². The number of anilines is 2. The number of aliphatic hydroxyl groups is 1. The first-order valence-electron chi connectivity index (χ1n) is 15.8. The molecule has 3 fully saturated rings. The first-order valence-corrected chi connectivity index (χ1v) is 19.7.